The fourth-order valence-electron chi connectivity index (χ4n) is 3.21. The zero-order valence-corrected chi connectivity index (χ0v) is 13.5. The third-order valence-electron chi connectivity index (χ3n) is 4.64. The molecule has 0 aromatic carbocycles. The number of likely N-dealkylation sites (tertiary alicyclic amines) is 1. The highest BCUT2D eigenvalue weighted by Gasteiger charge is 2.36. The van der Waals surface area contributed by atoms with E-state index in [4.69, 9.17) is 0 Å². The van der Waals surface area contributed by atoms with Crippen molar-refractivity contribution in [2.75, 3.05) is 19.6 Å². The quantitative estimate of drug-likeness (QED) is 0.826. The Hall–Kier alpha value is -1.99. The first-order valence-electron chi connectivity index (χ1n) is 7.80. The molecule has 1 amide bonds. The first kappa shape index (κ1) is 14.6. The second kappa shape index (κ2) is 5.90. The molecular weight excluding hydrogens is 312 g/mol. The van der Waals surface area contributed by atoms with Gasteiger partial charge < -0.3 is 4.90 Å². The third-order valence-corrected chi connectivity index (χ3v) is 5.66. The molecule has 0 atom stereocenters. The zero-order chi connectivity index (χ0) is 15.8. The number of thiophene rings is 1. The molecule has 0 unspecified atom stereocenters. The number of nitrogens with zero attached hydrogens (tertiary/aromatic N) is 4. The Bertz CT molecular complexity index is 778. The Kier molecular flexibility index (Phi) is 3.74. The van der Waals surface area contributed by atoms with Gasteiger partial charge >= 0.3 is 0 Å². The summed E-state index contributed by atoms with van der Waals surface area (Å²) in [7, 11) is 0. The van der Waals surface area contributed by atoms with Gasteiger partial charge in [0.05, 0.1) is 0 Å². The van der Waals surface area contributed by atoms with Crippen molar-refractivity contribution in [3.63, 3.8) is 0 Å². The maximum atomic E-state index is 12.2. The summed E-state index contributed by atoms with van der Waals surface area (Å²) < 4.78 is 1.22. The minimum Gasteiger partial charge on any atom is -0.338 e. The molecule has 0 spiro atoms. The molecule has 2 aliphatic rings. The molecule has 0 N–H and O–H groups in total. The van der Waals surface area contributed by atoms with E-state index >= 15 is 0 Å². The van der Waals surface area contributed by atoms with E-state index in [2.05, 4.69) is 21.4 Å². The van der Waals surface area contributed by atoms with Gasteiger partial charge in [-0.2, -0.15) is 5.10 Å². The van der Waals surface area contributed by atoms with Crippen LogP contribution in [0.5, 0.6) is 0 Å². The normalized spacial score (nSPS) is 18.5. The van der Waals surface area contributed by atoms with E-state index in [0.717, 1.165) is 32.6 Å². The van der Waals surface area contributed by atoms with E-state index in [1.54, 1.807) is 6.07 Å². The van der Waals surface area contributed by atoms with E-state index < -0.39 is 0 Å². The van der Waals surface area contributed by atoms with E-state index in [1.165, 1.54) is 27.4 Å². The van der Waals surface area contributed by atoms with Crippen LogP contribution in [0.25, 0.3) is 0 Å². The lowest BCUT2D eigenvalue weighted by atomic mass is 10.0. The number of amides is 1. The summed E-state index contributed by atoms with van der Waals surface area (Å²) in [6.07, 6.45) is 2.64. The first-order valence-corrected chi connectivity index (χ1v) is 8.68. The Morgan fingerprint density at radius 1 is 1.35 bits per heavy atom. The smallest absolute Gasteiger partial charge is 0.267 e. The van der Waals surface area contributed by atoms with Crippen LogP contribution in [0.4, 0.5) is 0 Å². The minimum absolute atomic E-state index is 0.0288. The highest BCUT2D eigenvalue weighted by molar-refractivity contribution is 7.10. The van der Waals surface area contributed by atoms with Crippen LogP contribution in [0.3, 0.4) is 0 Å². The van der Waals surface area contributed by atoms with Crippen LogP contribution in [0.15, 0.2) is 34.6 Å². The zero-order valence-electron chi connectivity index (χ0n) is 12.7. The van der Waals surface area contributed by atoms with Crippen molar-refractivity contribution in [1.82, 2.24) is 19.6 Å². The Morgan fingerprint density at radius 2 is 2.22 bits per heavy atom. The lowest BCUT2D eigenvalue weighted by Crippen LogP contribution is -2.62. The van der Waals surface area contributed by atoms with Crippen LogP contribution in [0.2, 0.25) is 0 Å². The van der Waals surface area contributed by atoms with Gasteiger partial charge in [-0.25, -0.2) is 4.68 Å². The van der Waals surface area contributed by atoms with Crippen LogP contribution in [0, 0.1) is 0 Å². The standard InChI is InChI=1S/C16H18N4O2S/c21-15-2-1-5-17-20(15)11-16(22)19-9-13(10-19)18-6-3-14-12(8-18)4-7-23-14/h1-2,4-5,7,13H,3,6,8-11H2. The molecule has 1 fully saturated rings. The van der Waals surface area contributed by atoms with Crippen LogP contribution in [0.1, 0.15) is 10.4 Å². The van der Waals surface area contributed by atoms with Crippen molar-refractivity contribution in [3.8, 4) is 0 Å². The second-order valence-electron chi connectivity index (χ2n) is 6.06. The second-order valence-corrected chi connectivity index (χ2v) is 7.06. The Labute approximate surface area is 137 Å². The topological polar surface area (TPSA) is 58.4 Å². The molecule has 6 nitrogen and oxygen atoms in total. The van der Waals surface area contributed by atoms with Crippen molar-refractivity contribution in [3.05, 3.63) is 50.6 Å². The number of aromatic nitrogens is 2. The van der Waals surface area contributed by atoms with Gasteiger partial charge in [-0.3, -0.25) is 14.5 Å². The monoisotopic (exact) mass is 330 g/mol. The SMILES string of the molecule is O=C(Cn1ncccc1=O)N1CC(N2CCc3sccc3C2)C1. The van der Waals surface area contributed by atoms with E-state index in [9.17, 15) is 9.59 Å². The summed E-state index contributed by atoms with van der Waals surface area (Å²) in [5.41, 5.74) is 1.20. The van der Waals surface area contributed by atoms with Gasteiger partial charge in [0.1, 0.15) is 6.54 Å². The van der Waals surface area contributed by atoms with E-state index in [0.29, 0.717) is 6.04 Å². The summed E-state index contributed by atoms with van der Waals surface area (Å²) in [6.45, 7) is 3.59. The number of hydrogen-bond acceptors (Lipinski definition) is 5. The van der Waals surface area contributed by atoms with Crippen LogP contribution >= 0.6 is 11.3 Å². The van der Waals surface area contributed by atoms with Crippen molar-refractivity contribution >= 4 is 17.2 Å². The van der Waals surface area contributed by atoms with Gasteiger partial charge in [-0.1, -0.05) is 0 Å². The average Bonchev–Trinajstić information content (AvgIpc) is 2.96. The van der Waals surface area contributed by atoms with Gasteiger partial charge in [0.25, 0.3) is 5.56 Å². The van der Waals surface area contributed by atoms with Crippen LogP contribution in [-0.4, -0.2) is 51.2 Å². The molecule has 0 bridgehead atoms. The van der Waals surface area contributed by atoms with E-state index in [1.807, 2.05) is 16.2 Å². The van der Waals surface area contributed by atoms with Gasteiger partial charge in [-0.15, -0.1) is 11.3 Å². The molecule has 1 saturated heterocycles. The fourth-order valence-corrected chi connectivity index (χ4v) is 4.10. The highest BCUT2D eigenvalue weighted by atomic mass is 32.1. The molecule has 0 radical (unpaired) electrons. The van der Waals surface area contributed by atoms with Gasteiger partial charge in [0.2, 0.25) is 5.91 Å². The molecule has 4 rings (SSSR count). The number of carbonyl (C=O) groups excluding carboxylic acids is 1. The molecular formula is C16H18N4O2S. The molecule has 2 aromatic heterocycles. The maximum absolute atomic E-state index is 12.2. The molecule has 120 valence electrons. The van der Waals surface area contributed by atoms with Gasteiger partial charge in [0.15, 0.2) is 0 Å². The predicted molar refractivity (Wildman–Crippen MR) is 87.3 cm³/mol. The summed E-state index contributed by atoms with van der Waals surface area (Å²) in [5, 5.41) is 6.10. The first-order chi connectivity index (χ1) is 11.2. The highest BCUT2D eigenvalue weighted by Crippen LogP contribution is 2.27. The largest absolute Gasteiger partial charge is 0.338 e. The summed E-state index contributed by atoms with van der Waals surface area (Å²) in [5.74, 6) is -0.0321. The Morgan fingerprint density at radius 3 is 3.04 bits per heavy atom. The maximum Gasteiger partial charge on any atom is 0.267 e. The lowest BCUT2D eigenvalue weighted by Gasteiger charge is -2.46. The predicted octanol–water partition coefficient (Wildman–Crippen LogP) is 0.574. The number of rotatable bonds is 3. The van der Waals surface area contributed by atoms with Crippen molar-refractivity contribution < 1.29 is 4.79 Å². The van der Waals surface area contributed by atoms with Crippen molar-refractivity contribution in [2.24, 2.45) is 0 Å². The molecule has 4 heterocycles. The molecule has 23 heavy (non-hydrogen) atoms. The summed E-state index contributed by atoms with van der Waals surface area (Å²) in [6, 6.07) is 5.65. The Balaban J connectivity index is 1.32. The number of hydrogen-bond donors (Lipinski definition) is 0. The molecule has 2 aromatic rings. The molecule has 2 aliphatic heterocycles. The lowest BCUT2D eigenvalue weighted by molar-refractivity contribution is -0.139. The molecule has 0 aliphatic carbocycles. The van der Waals surface area contributed by atoms with E-state index in [-0.39, 0.29) is 18.0 Å². The molecule has 7 heteroatoms. The summed E-state index contributed by atoms with van der Waals surface area (Å²) in [4.78, 5) is 29.6. The summed E-state index contributed by atoms with van der Waals surface area (Å²) >= 11 is 1.84. The van der Waals surface area contributed by atoms with Crippen LogP contribution < -0.4 is 5.56 Å². The van der Waals surface area contributed by atoms with Crippen molar-refractivity contribution in [2.45, 2.75) is 25.6 Å². The number of carbonyl (C=O) groups is 1. The third kappa shape index (κ3) is 2.82. The van der Waals surface area contributed by atoms with Crippen molar-refractivity contribution in [1.29, 1.82) is 0 Å². The van der Waals surface area contributed by atoms with Gasteiger partial charge in [-0.05, 0) is 29.5 Å². The average molecular weight is 330 g/mol. The van der Waals surface area contributed by atoms with Gasteiger partial charge in [0, 0.05) is 49.4 Å². The molecule has 0 saturated carbocycles. The fraction of sp³-hybridized carbons (Fsp3) is 0.438. The minimum atomic E-state index is -0.237. The number of fused-ring (bicyclic) bond motifs is 1. The van der Waals surface area contributed by atoms with Crippen LogP contribution in [-0.2, 0) is 24.3 Å².